The number of nitrogens with zero attached hydrogens (tertiary/aromatic N) is 5. The molecule has 0 saturated heterocycles. The van der Waals surface area contributed by atoms with Gasteiger partial charge in [-0.1, -0.05) is 0 Å². The number of alkyl halides is 6. The van der Waals surface area contributed by atoms with Crippen LogP contribution in [0.3, 0.4) is 0 Å². The lowest BCUT2D eigenvalue weighted by molar-refractivity contribution is -0.141. The summed E-state index contributed by atoms with van der Waals surface area (Å²) in [6, 6.07) is 1.08. The fourth-order valence-corrected chi connectivity index (χ4v) is 2.85. The molecular formula is C13H8F6N6S. The van der Waals surface area contributed by atoms with E-state index in [4.69, 9.17) is 5.73 Å². The van der Waals surface area contributed by atoms with Crippen LogP contribution in [0.1, 0.15) is 11.4 Å². The van der Waals surface area contributed by atoms with Gasteiger partial charge in [0, 0.05) is 24.7 Å². The lowest BCUT2D eigenvalue weighted by atomic mass is 10.1. The number of anilines is 1. The number of rotatable bonds is 2. The second-order valence-corrected chi connectivity index (χ2v) is 5.96. The lowest BCUT2D eigenvalue weighted by Crippen LogP contribution is -2.09. The Balaban J connectivity index is 2.12. The first-order valence-electron chi connectivity index (χ1n) is 6.74. The number of nitrogens with two attached hydrogens (primary N) is 1. The predicted octanol–water partition coefficient (Wildman–Crippen LogP) is 3.62. The molecule has 0 bridgehead atoms. The van der Waals surface area contributed by atoms with Gasteiger partial charge in [-0.2, -0.15) is 31.4 Å². The van der Waals surface area contributed by atoms with Crippen molar-refractivity contribution >= 4 is 17.2 Å². The maximum absolute atomic E-state index is 13.1. The molecule has 0 unspecified atom stereocenters. The molecule has 3 heterocycles. The topological polar surface area (TPSA) is 82.5 Å². The average molecular weight is 394 g/mol. The number of thiazole rings is 1. The number of aryl methyl sites for hydroxylation is 1. The molecule has 0 aliphatic heterocycles. The number of nitrogen functional groups attached to an aromatic ring is 1. The Morgan fingerprint density at radius 3 is 2.31 bits per heavy atom. The summed E-state index contributed by atoms with van der Waals surface area (Å²) < 4.78 is 78.3. The molecule has 0 aliphatic rings. The molecule has 0 aromatic carbocycles. The van der Waals surface area contributed by atoms with Gasteiger partial charge in [-0.25, -0.2) is 15.0 Å². The smallest absolute Gasteiger partial charge is 0.384 e. The minimum atomic E-state index is -4.75. The van der Waals surface area contributed by atoms with Gasteiger partial charge in [-0.05, 0) is 0 Å². The van der Waals surface area contributed by atoms with E-state index in [2.05, 4.69) is 20.1 Å². The van der Waals surface area contributed by atoms with Gasteiger partial charge in [-0.15, -0.1) is 11.3 Å². The fourth-order valence-electron chi connectivity index (χ4n) is 2.09. The van der Waals surface area contributed by atoms with Crippen molar-refractivity contribution in [3.63, 3.8) is 0 Å². The molecule has 138 valence electrons. The monoisotopic (exact) mass is 394 g/mol. The van der Waals surface area contributed by atoms with Crippen molar-refractivity contribution in [1.82, 2.24) is 24.7 Å². The van der Waals surface area contributed by atoms with Crippen LogP contribution in [-0.2, 0) is 19.4 Å². The molecule has 0 amide bonds. The molecule has 0 fully saturated rings. The van der Waals surface area contributed by atoms with Gasteiger partial charge in [0.15, 0.2) is 22.2 Å². The SMILES string of the molecule is Cn1cc(-c2cc(N)nc(-c3nc(C(F)(F)F)cs3)n2)c(C(F)(F)F)n1. The van der Waals surface area contributed by atoms with E-state index in [1.807, 2.05) is 0 Å². The molecule has 26 heavy (non-hydrogen) atoms. The summed E-state index contributed by atoms with van der Waals surface area (Å²) in [4.78, 5) is 11.0. The van der Waals surface area contributed by atoms with E-state index in [-0.39, 0.29) is 27.9 Å². The summed E-state index contributed by atoms with van der Waals surface area (Å²) in [7, 11) is 1.29. The van der Waals surface area contributed by atoms with Crippen molar-refractivity contribution < 1.29 is 26.3 Å². The highest BCUT2D eigenvalue weighted by Gasteiger charge is 2.38. The average Bonchev–Trinajstić information content (AvgIpc) is 3.12. The molecule has 0 spiro atoms. The molecule has 0 aliphatic carbocycles. The summed E-state index contributed by atoms with van der Waals surface area (Å²) in [5.41, 5.74) is 2.64. The van der Waals surface area contributed by atoms with E-state index in [9.17, 15) is 26.3 Å². The van der Waals surface area contributed by atoms with Gasteiger partial charge in [0.05, 0.1) is 11.3 Å². The van der Waals surface area contributed by atoms with Crippen LogP contribution in [0, 0.1) is 0 Å². The number of aromatic nitrogens is 5. The fraction of sp³-hybridized carbons (Fsp3) is 0.231. The minimum absolute atomic E-state index is 0.217. The maximum Gasteiger partial charge on any atom is 0.435 e. The Kier molecular flexibility index (Phi) is 4.13. The minimum Gasteiger partial charge on any atom is -0.384 e. The highest BCUT2D eigenvalue weighted by atomic mass is 32.1. The van der Waals surface area contributed by atoms with Crippen LogP contribution in [0.2, 0.25) is 0 Å². The van der Waals surface area contributed by atoms with Crippen LogP contribution in [-0.4, -0.2) is 24.7 Å². The molecule has 0 radical (unpaired) electrons. The molecule has 6 nitrogen and oxygen atoms in total. The highest BCUT2D eigenvalue weighted by molar-refractivity contribution is 7.13. The van der Waals surface area contributed by atoms with Crippen LogP contribution in [0.15, 0.2) is 17.6 Å². The Labute approximate surface area is 145 Å². The van der Waals surface area contributed by atoms with Crippen molar-refractivity contribution in [3.8, 4) is 22.1 Å². The van der Waals surface area contributed by atoms with Gasteiger partial charge in [-0.3, -0.25) is 4.68 Å². The highest BCUT2D eigenvalue weighted by Crippen LogP contribution is 2.37. The van der Waals surface area contributed by atoms with Crippen LogP contribution < -0.4 is 5.73 Å². The third kappa shape index (κ3) is 3.47. The van der Waals surface area contributed by atoms with Crippen LogP contribution in [0.5, 0.6) is 0 Å². The maximum atomic E-state index is 13.1. The summed E-state index contributed by atoms with van der Waals surface area (Å²) in [6.07, 6.45) is -8.33. The Morgan fingerprint density at radius 2 is 1.73 bits per heavy atom. The van der Waals surface area contributed by atoms with E-state index in [0.29, 0.717) is 11.3 Å². The molecule has 3 aromatic heterocycles. The Bertz CT molecular complexity index is 957. The van der Waals surface area contributed by atoms with E-state index < -0.39 is 23.7 Å². The first kappa shape index (κ1) is 18.1. The molecule has 2 N–H and O–H groups in total. The summed E-state index contributed by atoms with van der Waals surface area (Å²) in [5.74, 6) is -0.525. The number of halogens is 6. The van der Waals surface area contributed by atoms with Crippen molar-refractivity contribution in [3.05, 3.63) is 29.0 Å². The van der Waals surface area contributed by atoms with E-state index in [1.165, 1.54) is 7.05 Å². The van der Waals surface area contributed by atoms with E-state index >= 15 is 0 Å². The van der Waals surface area contributed by atoms with Crippen LogP contribution in [0.4, 0.5) is 32.2 Å². The van der Waals surface area contributed by atoms with Gasteiger partial charge in [0.1, 0.15) is 5.82 Å². The molecule has 3 rings (SSSR count). The second kappa shape index (κ2) is 5.93. The van der Waals surface area contributed by atoms with Gasteiger partial charge < -0.3 is 5.73 Å². The van der Waals surface area contributed by atoms with Crippen molar-refractivity contribution in [2.45, 2.75) is 12.4 Å². The number of hydrogen-bond acceptors (Lipinski definition) is 6. The van der Waals surface area contributed by atoms with Crippen LogP contribution >= 0.6 is 11.3 Å². The standard InChI is InChI=1S/C13H8F6N6S/c1-25-3-5(9(24-25)13(17,18)19)6-2-8(20)23-10(21-6)11-22-7(4-26-11)12(14,15)16/h2-4H,1H3,(H2,20,21,23). The Morgan fingerprint density at radius 1 is 1.04 bits per heavy atom. The molecule has 13 heteroatoms. The zero-order valence-electron chi connectivity index (χ0n) is 12.7. The first-order chi connectivity index (χ1) is 11.9. The van der Waals surface area contributed by atoms with E-state index in [0.717, 1.165) is 22.3 Å². The third-order valence-corrected chi connectivity index (χ3v) is 3.94. The second-order valence-electron chi connectivity index (χ2n) is 5.10. The predicted molar refractivity (Wildman–Crippen MR) is 79.8 cm³/mol. The lowest BCUT2D eigenvalue weighted by Gasteiger charge is -2.07. The van der Waals surface area contributed by atoms with Crippen molar-refractivity contribution in [2.75, 3.05) is 5.73 Å². The van der Waals surface area contributed by atoms with Gasteiger partial charge in [0.25, 0.3) is 0 Å². The molecule has 0 atom stereocenters. The van der Waals surface area contributed by atoms with Crippen LogP contribution in [0.25, 0.3) is 22.1 Å². The molecule has 3 aromatic rings. The number of hydrogen-bond donors (Lipinski definition) is 1. The van der Waals surface area contributed by atoms with E-state index in [1.54, 1.807) is 0 Å². The zero-order valence-corrected chi connectivity index (χ0v) is 13.5. The summed E-state index contributed by atoms with van der Waals surface area (Å²) >= 11 is 0.602. The largest absolute Gasteiger partial charge is 0.435 e. The first-order valence-corrected chi connectivity index (χ1v) is 7.62. The van der Waals surface area contributed by atoms with Crippen molar-refractivity contribution in [1.29, 1.82) is 0 Å². The summed E-state index contributed by atoms with van der Waals surface area (Å²) in [5, 5.41) is 3.89. The third-order valence-electron chi connectivity index (χ3n) is 3.11. The molecule has 0 saturated carbocycles. The van der Waals surface area contributed by atoms with Crippen molar-refractivity contribution in [2.24, 2.45) is 7.05 Å². The zero-order chi connectivity index (χ0) is 19.3. The Hall–Kier alpha value is -2.70. The van der Waals surface area contributed by atoms with Gasteiger partial charge in [0.2, 0.25) is 0 Å². The van der Waals surface area contributed by atoms with Gasteiger partial charge >= 0.3 is 12.4 Å². The normalized spacial score (nSPS) is 12.6. The summed E-state index contributed by atoms with van der Waals surface area (Å²) in [6.45, 7) is 0. The molecular weight excluding hydrogens is 386 g/mol. The quantitative estimate of drug-likeness (QED) is 0.672.